The van der Waals surface area contributed by atoms with E-state index in [0.717, 1.165) is 32.1 Å². The number of hydrogen-bond acceptors (Lipinski definition) is 3. The van der Waals surface area contributed by atoms with E-state index in [1.807, 2.05) is 38.1 Å². The highest BCUT2D eigenvalue weighted by Crippen LogP contribution is 2.41. The van der Waals surface area contributed by atoms with Gasteiger partial charge in [-0.3, -0.25) is 0 Å². The Morgan fingerprint density at radius 1 is 1.00 bits per heavy atom. The maximum Gasteiger partial charge on any atom is 0.306 e. The molecule has 0 amide bonds. The van der Waals surface area contributed by atoms with Gasteiger partial charge in [0.1, 0.15) is 5.75 Å². The highest BCUT2D eigenvalue weighted by atomic mass is 127. The van der Waals surface area contributed by atoms with Crippen molar-refractivity contribution in [3.63, 3.8) is 0 Å². The maximum absolute atomic E-state index is 11.3. The van der Waals surface area contributed by atoms with Gasteiger partial charge in [-0.15, -0.1) is 0 Å². The molecule has 18 heavy (non-hydrogen) atoms. The first-order valence-electron chi connectivity index (χ1n) is 5.37. The van der Waals surface area contributed by atoms with Crippen molar-refractivity contribution in [2.75, 3.05) is 6.26 Å². The minimum Gasteiger partial charge on any atom is -0.382 e. The van der Waals surface area contributed by atoms with Crippen LogP contribution in [0.5, 0.6) is 5.75 Å². The van der Waals surface area contributed by atoms with Crippen LogP contribution in [-0.4, -0.2) is 14.7 Å². The second kappa shape index (κ2) is 4.70. The molecule has 0 unspecified atom stereocenters. The van der Waals surface area contributed by atoms with Crippen molar-refractivity contribution in [2.24, 2.45) is 0 Å². The average Bonchev–Trinajstić information content (AvgIpc) is 2.42. The molecule has 0 bridgehead atoms. The van der Waals surface area contributed by atoms with E-state index in [0.29, 0.717) is 5.75 Å². The molecule has 0 aromatic rings. The van der Waals surface area contributed by atoms with Crippen molar-refractivity contribution in [1.82, 2.24) is 0 Å². The first-order valence-corrected chi connectivity index (χ1v) is 8.27. The lowest BCUT2D eigenvalue weighted by molar-refractivity contribution is 0.490. The van der Waals surface area contributed by atoms with Crippen molar-refractivity contribution in [2.45, 2.75) is 13.8 Å². The van der Waals surface area contributed by atoms with Gasteiger partial charge in [0.15, 0.2) is 0 Å². The molecule has 0 atom stereocenters. The second-order valence-electron chi connectivity index (χ2n) is 4.25. The quantitative estimate of drug-likeness (QED) is 0.597. The van der Waals surface area contributed by atoms with Crippen LogP contribution in [0.1, 0.15) is 11.1 Å². The number of halogens is 1. The van der Waals surface area contributed by atoms with Gasteiger partial charge in [-0.1, -0.05) is 12.1 Å². The zero-order valence-electron chi connectivity index (χ0n) is 10.3. The maximum atomic E-state index is 11.3. The van der Waals surface area contributed by atoms with Crippen LogP contribution in [0.2, 0.25) is 0 Å². The number of hydrogen-bond donors (Lipinski definition) is 0. The summed E-state index contributed by atoms with van der Waals surface area (Å²) in [5, 5.41) is 0. The van der Waals surface area contributed by atoms with Crippen molar-refractivity contribution in [3.05, 3.63) is 39.0 Å². The van der Waals surface area contributed by atoms with Gasteiger partial charge < -0.3 is 4.18 Å². The van der Waals surface area contributed by atoms with Crippen molar-refractivity contribution >= 4 is 32.7 Å². The summed E-state index contributed by atoms with van der Waals surface area (Å²) in [7, 11) is -3.50. The zero-order chi connectivity index (χ0) is 13.5. The summed E-state index contributed by atoms with van der Waals surface area (Å²) < 4.78 is 28.8. The summed E-state index contributed by atoms with van der Waals surface area (Å²) >= 11 is 2.25. The highest BCUT2D eigenvalue weighted by molar-refractivity contribution is 14.1. The Kier molecular flexibility index (Phi) is 3.55. The molecule has 2 aliphatic rings. The molecule has 2 rings (SSSR count). The van der Waals surface area contributed by atoms with Crippen molar-refractivity contribution in [1.29, 1.82) is 0 Å². The molecule has 0 aromatic heterocycles. The van der Waals surface area contributed by atoms with Crippen LogP contribution in [-0.2, 0) is 10.1 Å². The normalized spacial score (nSPS) is 11.8. The van der Waals surface area contributed by atoms with Crippen molar-refractivity contribution in [3.8, 4) is 16.9 Å². The standard InChI is InChI=1S/C13H13IO3S/c1-8-11-6-4-10(14)5-7-12(11)9(2)13(8)17-18(3,15)16/h4-7H,1-3H3. The first kappa shape index (κ1) is 13.6. The van der Waals surface area contributed by atoms with Crippen LogP contribution in [0, 0.1) is 17.4 Å². The Balaban J connectivity index is 2.71. The molecule has 0 saturated heterocycles. The minimum absolute atomic E-state index is 0.453. The van der Waals surface area contributed by atoms with E-state index in [1.165, 1.54) is 0 Å². The third-order valence-corrected chi connectivity index (χ3v) is 4.02. The van der Waals surface area contributed by atoms with Crippen LogP contribution in [0.15, 0.2) is 24.3 Å². The molecule has 0 saturated carbocycles. The molecular formula is C13H13IO3S. The van der Waals surface area contributed by atoms with Gasteiger partial charge in [0, 0.05) is 14.7 Å². The van der Waals surface area contributed by atoms with Gasteiger partial charge in [0.25, 0.3) is 0 Å². The third-order valence-electron chi connectivity index (χ3n) is 2.83. The van der Waals surface area contributed by atoms with Crippen molar-refractivity contribution < 1.29 is 12.6 Å². The van der Waals surface area contributed by atoms with E-state index in [1.54, 1.807) is 0 Å². The molecule has 0 aliphatic heterocycles. The van der Waals surface area contributed by atoms with E-state index in [2.05, 4.69) is 22.6 Å². The zero-order valence-corrected chi connectivity index (χ0v) is 13.3. The smallest absolute Gasteiger partial charge is 0.306 e. The van der Waals surface area contributed by atoms with E-state index in [-0.39, 0.29) is 0 Å². The van der Waals surface area contributed by atoms with E-state index < -0.39 is 10.1 Å². The molecule has 0 radical (unpaired) electrons. The summed E-state index contributed by atoms with van der Waals surface area (Å²) in [6.07, 6.45) is 1.06. The fourth-order valence-corrected chi connectivity index (χ4v) is 2.93. The predicted molar refractivity (Wildman–Crippen MR) is 80.7 cm³/mol. The number of fused-ring (bicyclic) bond motifs is 1. The van der Waals surface area contributed by atoms with E-state index >= 15 is 0 Å². The van der Waals surface area contributed by atoms with Crippen LogP contribution in [0.25, 0.3) is 11.1 Å². The first-order chi connectivity index (χ1) is 8.29. The van der Waals surface area contributed by atoms with Gasteiger partial charge in [-0.2, -0.15) is 8.42 Å². The molecule has 0 fully saturated rings. The summed E-state index contributed by atoms with van der Waals surface area (Å²) in [6, 6.07) is 7.99. The Morgan fingerprint density at radius 2 is 1.44 bits per heavy atom. The highest BCUT2D eigenvalue weighted by Gasteiger charge is 2.20. The summed E-state index contributed by atoms with van der Waals surface area (Å²) in [4.78, 5) is 0. The Hall–Kier alpha value is -0.820. The molecule has 2 aliphatic carbocycles. The summed E-state index contributed by atoms with van der Waals surface area (Å²) in [5.41, 5.74) is 3.77. The fraction of sp³-hybridized carbons (Fsp3) is 0.231. The average molecular weight is 376 g/mol. The lowest BCUT2D eigenvalue weighted by Gasteiger charge is -2.03. The Morgan fingerprint density at radius 3 is 1.83 bits per heavy atom. The van der Waals surface area contributed by atoms with Gasteiger partial charge >= 0.3 is 10.1 Å². The minimum atomic E-state index is -3.50. The summed E-state index contributed by atoms with van der Waals surface area (Å²) in [5.74, 6) is 0.453. The van der Waals surface area contributed by atoms with Crippen LogP contribution in [0.4, 0.5) is 0 Å². The second-order valence-corrected chi connectivity index (χ2v) is 7.07. The molecule has 0 spiro atoms. The van der Waals surface area contributed by atoms with Gasteiger partial charge in [-0.25, -0.2) is 0 Å². The monoisotopic (exact) mass is 376 g/mol. The van der Waals surface area contributed by atoms with E-state index in [4.69, 9.17) is 4.18 Å². The Labute approximate surface area is 121 Å². The Bertz CT molecular complexity index is 637. The van der Waals surface area contributed by atoms with Crippen LogP contribution >= 0.6 is 22.6 Å². The lowest BCUT2D eigenvalue weighted by Crippen LogP contribution is -2.06. The third kappa shape index (κ3) is 2.61. The van der Waals surface area contributed by atoms with E-state index in [9.17, 15) is 8.42 Å². The largest absolute Gasteiger partial charge is 0.382 e. The predicted octanol–water partition coefficient (Wildman–Crippen LogP) is 3.35. The molecule has 0 N–H and O–H groups in total. The van der Waals surface area contributed by atoms with Crippen LogP contribution < -0.4 is 4.18 Å². The molecule has 96 valence electrons. The molecule has 3 nitrogen and oxygen atoms in total. The van der Waals surface area contributed by atoms with Gasteiger partial charge in [0.2, 0.25) is 0 Å². The SMILES string of the molecule is Cc1c2ccc(I)ccc-2c(C)c1OS(C)(=O)=O. The molecule has 0 heterocycles. The van der Waals surface area contributed by atoms with Gasteiger partial charge in [-0.05, 0) is 59.7 Å². The topological polar surface area (TPSA) is 43.4 Å². The van der Waals surface area contributed by atoms with Crippen LogP contribution in [0.3, 0.4) is 0 Å². The molecular weight excluding hydrogens is 363 g/mol. The molecule has 5 heteroatoms. The number of rotatable bonds is 2. The fourth-order valence-electron chi connectivity index (χ4n) is 2.02. The van der Waals surface area contributed by atoms with Gasteiger partial charge in [0.05, 0.1) is 6.26 Å². The molecule has 0 aromatic carbocycles. The lowest BCUT2D eigenvalue weighted by atomic mass is 10.1. The summed E-state index contributed by atoms with van der Waals surface area (Å²) in [6.45, 7) is 3.76.